The fourth-order valence-electron chi connectivity index (χ4n) is 3.10. The Labute approximate surface area is 185 Å². The third-order valence-electron chi connectivity index (χ3n) is 5.05. The predicted molar refractivity (Wildman–Crippen MR) is 125 cm³/mol. The first kappa shape index (κ1) is 24.0. The molecule has 5 heteroatoms. The maximum atomic E-state index is 12.7. The second kappa shape index (κ2) is 12.4. The molecule has 0 aliphatic heterocycles. The third-order valence-corrected chi connectivity index (χ3v) is 5.05. The van der Waals surface area contributed by atoms with E-state index in [-0.39, 0.29) is 5.57 Å². The van der Waals surface area contributed by atoms with Gasteiger partial charge in [-0.15, -0.1) is 0 Å². The van der Waals surface area contributed by atoms with Crippen LogP contribution in [0.5, 0.6) is 11.5 Å². The molecule has 2 aromatic carbocycles. The highest BCUT2D eigenvalue weighted by Crippen LogP contribution is 2.30. The SMILES string of the molecule is CCCCCCOc1ccc(/C=C(/C#N)C(=O)Nc2cccc(C)c2C)cc1OCC. The van der Waals surface area contributed by atoms with Crippen LogP contribution in [-0.4, -0.2) is 19.1 Å². The molecule has 2 rings (SSSR count). The quantitative estimate of drug-likeness (QED) is 0.267. The first-order valence-corrected chi connectivity index (χ1v) is 10.9. The lowest BCUT2D eigenvalue weighted by molar-refractivity contribution is -0.112. The molecule has 0 aromatic heterocycles. The van der Waals surface area contributed by atoms with Crippen LogP contribution in [0.1, 0.15) is 56.2 Å². The minimum atomic E-state index is -0.439. The summed E-state index contributed by atoms with van der Waals surface area (Å²) < 4.78 is 11.6. The predicted octanol–water partition coefficient (Wildman–Crippen LogP) is 6.21. The van der Waals surface area contributed by atoms with E-state index >= 15 is 0 Å². The molecule has 0 aliphatic carbocycles. The minimum absolute atomic E-state index is 0.0246. The summed E-state index contributed by atoms with van der Waals surface area (Å²) in [4.78, 5) is 12.7. The van der Waals surface area contributed by atoms with E-state index in [0.29, 0.717) is 36.0 Å². The number of hydrogen-bond donors (Lipinski definition) is 1. The molecule has 0 heterocycles. The number of rotatable bonds is 11. The summed E-state index contributed by atoms with van der Waals surface area (Å²) in [7, 11) is 0. The van der Waals surface area contributed by atoms with Crippen LogP contribution in [0.3, 0.4) is 0 Å². The van der Waals surface area contributed by atoms with Gasteiger partial charge in [-0.25, -0.2) is 0 Å². The summed E-state index contributed by atoms with van der Waals surface area (Å²) in [5.41, 5.74) is 3.48. The Morgan fingerprint density at radius 1 is 1.06 bits per heavy atom. The van der Waals surface area contributed by atoms with E-state index in [1.807, 2.05) is 57.2 Å². The van der Waals surface area contributed by atoms with Gasteiger partial charge in [0, 0.05) is 5.69 Å². The summed E-state index contributed by atoms with van der Waals surface area (Å²) in [6.45, 7) is 9.14. The molecule has 0 aliphatic rings. The second-order valence-corrected chi connectivity index (χ2v) is 7.42. The lowest BCUT2D eigenvalue weighted by Crippen LogP contribution is -2.14. The highest BCUT2D eigenvalue weighted by atomic mass is 16.5. The van der Waals surface area contributed by atoms with Crippen molar-refractivity contribution in [2.24, 2.45) is 0 Å². The van der Waals surface area contributed by atoms with E-state index in [1.54, 1.807) is 12.1 Å². The summed E-state index contributed by atoms with van der Waals surface area (Å²) in [6.07, 6.45) is 6.09. The number of anilines is 1. The van der Waals surface area contributed by atoms with Crippen LogP contribution in [0.2, 0.25) is 0 Å². The van der Waals surface area contributed by atoms with Gasteiger partial charge in [-0.1, -0.05) is 44.4 Å². The van der Waals surface area contributed by atoms with Crippen LogP contribution >= 0.6 is 0 Å². The van der Waals surface area contributed by atoms with Crippen LogP contribution in [0.4, 0.5) is 5.69 Å². The van der Waals surface area contributed by atoms with Crippen molar-refractivity contribution in [3.05, 3.63) is 58.7 Å². The first-order valence-electron chi connectivity index (χ1n) is 10.9. The fraction of sp³-hybridized carbons (Fsp3) is 0.385. The molecule has 1 amide bonds. The Bertz CT molecular complexity index is 958. The molecule has 0 atom stereocenters. The van der Waals surface area contributed by atoms with Crippen LogP contribution < -0.4 is 14.8 Å². The van der Waals surface area contributed by atoms with E-state index < -0.39 is 5.91 Å². The number of hydrogen-bond acceptors (Lipinski definition) is 4. The summed E-state index contributed by atoms with van der Waals surface area (Å²) in [5.74, 6) is 0.846. The van der Waals surface area contributed by atoms with E-state index in [4.69, 9.17) is 9.47 Å². The molecular formula is C26H32N2O3. The first-order chi connectivity index (χ1) is 15.0. The van der Waals surface area contributed by atoms with Gasteiger partial charge in [-0.2, -0.15) is 5.26 Å². The molecule has 0 unspecified atom stereocenters. The Kier molecular flexibility index (Phi) is 9.64. The van der Waals surface area contributed by atoms with Gasteiger partial charge in [-0.3, -0.25) is 4.79 Å². The van der Waals surface area contributed by atoms with Gasteiger partial charge in [0.1, 0.15) is 11.6 Å². The molecule has 164 valence electrons. The lowest BCUT2D eigenvalue weighted by Gasteiger charge is -2.13. The summed E-state index contributed by atoms with van der Waals surface area (Å²) in [6, 6.07) is 13.1. The number of benzene rings is 2. The van der Waals surface area contributed by atoms with Crippen molar-refractivity contribution in [1.29, 1.82) is 5.26 Å². The van der Waals surface area contributed by atoms with Gasteiger partial charge in [0.2, 0.25) is 0 Å². The van der Waals surface area contributed by atoms with Crippen LogP contribution in [0.15, 0.2) is 42.0 Å². The van der Waals surface area contributed by atoms with Gasteiger partial charge in [0.25, 0.3) is 5.91 Å². The molecule has 0 fully saturated rings. The Hall–Kier alpha value is -3.26. The number of aryl methyl sites for hydroxylation is 1. The zero-order chi connectivity index (χ0) is 22.6. The summed E-state index contributed by atoms with van der Waals surface area (Å²) >= 11 is 0. The van der Waals surface area contributed by atoms with Crippen molar-refractivity contribution in [2.75, 3.05) is 18.5 Å². The van der Waals surface area contributed by atoms with Gasteiger partial charge < -0.3 is 14.8 Å². The normalized spacial score (nSPS) is 11.0. The van der Waals surface area contributed by atoms with Gasteiger partial charge in [0.05, 0.1) is 13.2 Å². The average Bonchev–Trinajstić information content (AvgIpc) is 2.76. The maximum Gasteiger partial charge on any atom is 0.266 e. The standard InChI is InChI=1S/C26H32N2O3/c1-5-7-8-9-15-31-24-14-13-21(17-25(24)30-6-2)16-22(18-27)26(29)28-23-12-10-11-19(3)20(23)4/h10-14,16-17H,5-9,15H2,1-4H3,(H,28,29)/b22-16-. The monoisotopic (exact) mass is 420 g/mol. The van der Waals surface area contributed by atoms with E-state index in [2.05, 4.69) is 12.2 Å². The van der Waals surface area contributed by atoms with Gasteiger partial charge >= 0.3 is 0 Å². The average molecular weight is 421 g/mol. The number of carbonyl (C=O) groups is 1. The zero-order valence-corrected chi connectivity index (χ0v) is 19.0. The number of nitrogens with one attached hydrogen (secondary N) is 1. The lowest BCUT2D eigenvalue weighted by atomic mass is 10.1. The Balaban J connectivity index is 2.17. The van der Waals surface area contributed by atoms with Crippen molar-refractivity contribution < 1.29 is 14.3 Å². The minimum Gasteiger partial charge on any atom is -0.490 e. The number of nitriles is 1. The highest BCUT2D eigenvalue weighted by molar-refractivity contribution is 6.10. The largest absolute Gasteiger partial charge is 0.490 e. The molecule has 1 N–H and O–H groups in total. The maximum absolute atomic E-state index is 12.7. The number of amides is 1. The molecule has 0 saturated heterocycles. The van der Waals surface area contributed by atoms with E-state index in [1.165, 1.54) is 12.8 Å². The highest BCUT2D eigenvalue weighted by Gasteiger charge is 2.13. The Morgan fingerprint density at radius 3 is 2.58 bits per heavy atom. The third kappa shape index (κ3) is 7.18. The van der Waals surface area contributed by atoms with Crippen molar-refractivity contribution in [3.8, 4) is 17.6 Å². The molecule has 0 bridgehead atoms. The molecule has 0 spiro atoms. The smallest absolute Gasteiger partial charge is 0.266 e. The molecule has 0 saturated carbocycles. The van der Waals surface area contributed by atoms with E-state index in [0.717, 1.165) is 24.0 Å². The van der Waals surface area contributed by atoms with Crippen LogP contribution in [0, 0.1) is 25.2 Å². The molecule has 31 heavy (non-hydrogen) atoms. The molecule has 2 aromatic rings. The van der Waals surface area contributed by atoms with Crippen molar-refractivity contribution >= 4 is 17.7 Å². The topological polar surface area (TPSA) is 71.3 Å². The van der Waals surface area contributed by atoms with Gasteiger partial charge in [-0.05, 0) is 68.2 Å². The molecule has 5 nitrogen and oxygen atoms in total. The van der Waals surface area contributed by atoms with Crippen LogP contribution in [0.25, 0.3) is 6.08 Å². The second-order valence-electron chi connectivity index (χ2n) is 7.42. The number of ether oxygens (including phenoxy) is 2. The van der Waals surface area contributed by atoms with Gasteiger partial charge in [0.15, 0.2) is 11.5 Å². The van der Waals surface area contributed by atoms with Crippen molar-refractivity contribution in [3.63, 3.8) is 0 Å². The summed E-state index contributed by atoms with van der Waals surface area (Å²) in [5, 5.41) is 12.4. The Morgan fingerprint density at radius 2 is 1.87 bits per heavy atom. The van der Waals surface area contributed by atoms with E-state index in [9.17, 15) is 10.1 Å². The number of carbonyl (C=O) groups excluding carboxylic acids is 1. The molecule has 0 radical (unpaired) electrons. The molecular weight excluding hydrogens is 388 g/mol. The van der Waals surface area contributed by atoms with Crippen LogP contribution in [-0.2, 0) is 4.79 Å². The zero-order valence-electron chi connectivity index (χ0n) is 19.0. The fourth-order valence-corrected chi connectivity index (χ4v) is 3.10. The number of unbranched alkanes of at least 4 members (excludes halogenated alkanes) is 3. The van der Waals surface area contributed by atoms with Crippen molar-refractivity contribution in [2.45, 2.75) is 53.4 Å². The van der Waals surface area contributed by atoms with Crippen molar-refractivity contribution in [1.82, 2.24) is 0 Å². The number of nitrogens with zero attached hydrogens (tertiary/aromatic N) is 1.